The summed E-state index contributed by atoms with van der Waals surface area (Å²) < 4.78 is 0.805. The average Bonchev–Trinajstić information content (AvgIpc) is 2.41. The predicted molar refractivity (Wildman–Crippen MR) is 87.0 cm³/mol. The zero-order valence-corrected chi connectivity index (χ0v) is 13.0. The van der Waals surface area contributed by atoms with E-state index in [2.05, 4.69) is 21.2 Å². The zero-order valence-electron chi connectivity index (χ0n) is 10.7. The van der Waals surface area contributed by atoms with Gasteiger partial charge in [-0.2, -0.15) is 0 Å². The molecule has 104 valence electrons. The second kappa shape index (κ2) is 6.77. The molecule has 0 atom stereocenters. The molecule has 0 fully saturated rings. The lowest BCUT2D eigenvalue weighted by Crippen LogP contribution is -2.12. The van der Waals surface area contributed by atoms with Crippen molar-refractivity contribution in [1.82, 2.24) is 0 Å². The van der Waals surface area contributed by atoms with Gasteiger partial charge in [-0.3, -0.25) is 4.79 Å². The maximum absolute atomic E-state index is 11.9. The monoisotopic (exact) mass is 352 g/mol. The van der Waals surface area contributed by atoms with E-state index in [4.69, 9.17) is 17.3 Å². The third-order valence-electron chi connectivity index (χ3n) is 2.79. The molecule has 2 rings (SSSR count). The van der Waals surface area contributed by atoms with Crippen LogP contribution in [0, 0.1) is 0 Å². The van der Waals surface area contributed by atoms with Gasteiger partial charge in [0.15, 0.2) is 0 Å². The molecular formula is C15H14BrClN2O. The molecule has 0 heterocycles. The summed E-state index contributed by atoms with van der Waals surface area (Å²) in [5, 5.41) is 3.42. The summed E-state index contributed by atoms with van der Waals surface area (Å²) in [6.45, 7) is 0. The van der Waals surface area contributed by atoms with Crippen molar-refractivity contribution in [1.29, 1.82) is 0 Å². The van der Waals surface area contributed by atoms with Crippen molar-refractivity contribution in [3.05, 3.63) is 57.5 Å². The Balaban J connectivity index is 1.94. The van der Waals surface area contributed by atoms with Crippen LogP contribution in [0.3, 0.4) is 0 Å². The molecule has 2 aromatic rings. The van der Waals surface area contributed by atoms with Gasteiger partial charge >= 0.3 is 0 Å². The lowest BCUT2D eigenvalue weighted by Gasteiger charge is -2.08. The Hall–Kier alpha value is -1.52. The summed E-state index contributed by atoms with van der Waals surface area (Å²) in [5.74, 6) is -0.0598. The van der Waals surface area contributed by atoms with Crippen molar-refractivity contribution in [3.63, 3.8) is 0 Å². The number of amides is 1. The Morgan fingerprint density at radius 2 is 2.05 bits per heavy atom. The van der Waals surface area contributed by atoms with Crippen LogP contribution in [0.15, 0.2) is 46.9 Å². The van der Waals surface area contributed by atoms with E-state index in [0.29, 0.717) is 29.2 Å². The Bertz CT molecular complexity index is 631. The topological polar surface area (TPSA) is 55.1 Å². The van der Waals surface area contributed by atoms with E-state index in [-0.39, 0.29) is 5.91 Å². The standard InChI is InChI=1S/C15H14BrClN2O/c16-13-6-5-11(17)9-14(13)19-15(20)7-4-10-2-1-3-12(18)8-10/h1-3,5-6,8-9H,4,7,18H2,(H,19,20). The van der Waals surface area contributed by atoms with E-state index >= 15 is 0 Å². The Morgan fingerprint density at radius 1 is 1.25 bits per heavy atom. The third-order valence-corrected chi connectivity index (χ3v) is 3.72. The smallest absolute Gasteiger partial charge is 0.224 e. The minimum absolute atomic E-state index is 0.0598. The summed E-state index contributed by atoms with van der Waals surface area (Å²) >= 11 is 9.28. The molecular weight excluding hydrogens is 340 g/mol. The van der Waals surface area contributed by atoms with Gasteiger partial charge < -0.3 is 11.1 Å². The molecule has 5 heteroatoms. The first-order valence-electron chi connectivity index (χ1n) is 6.14. The number of hydrogen-bond donors (Lipinski definition) is 2. The largest absolute Gasteiger partial charge is 0.399 e. The number of nitrogens with two attached hydrogens (primary N) is 1. The van der Waals surface area contributed by atoms with Crippen LogP contribution in [0.5, 0.6) is 0 Å². The predicted octanol–water partition coefficient (Wildman–Crippen LogP) is 4.26. The molecule has 0 aliphatic rings. The Labute approximate surface area is 131 Å². The number of benzene rings is 2. The lowest BCUT2D eigenvalue weighted by atomic mass is 10.1. The molecule has 3 N–H and O–H groups in total. The molecule has 0 saturated heterocycles. The molecule has 20 heavy (non-hydrogen) atoms. The maximum Gasteiger partial charge on any atom is 0.224 e. The number of aryl methyl sites for hydroxylation is 1. The fourth-order valence-corrected chi connectivity index (χ4v) is 2.33. The maximum atomic E-state index is 11.9. The highest BCUT2D eigenvalue weighted by molar-refractivity contribution is 9.10. The normalized spacial score (nSPS) is 10.3. The van der Waals surface area contributed by atoms with Gasteiger partial charge in [0.1, 0.15) is 0 Å². The molecule has 3 nitrogen and oxygen atoms in total. The zero-order chi connectivity index (χ0) is 14.5. The van der Waals surface area contributed by atoms with Crippen LogP contribution in [0.1, 0.15) is 12.0 Å². The van der Waals surface area contributed by atoms with E-state index in [0.717, 1.165) is 10.0 Å². The van der Waals surface area contributed by atoms with E-state index in [1.807, 2.05) is 24.3 Å². The molecule has 0 aliphatic carbocycles. The summed E-state index contributed by atoms with van der Waals surface area (Å²) in [4.78, 5) is 11.9. The van der Waals surface area contributed by atoms with Crippen LogP contribution in [-0.2, 0) is 11.2 Å². The number of nitrogen functional groups attached to an aromatic ring is 1. The molecule has 0 aromatic heterocycles. The number of rotatable bonds is 4. The van der Waals surface area contributed by atoms with Gasteiger partial charge in [0.25, 0.3) is 0 Å². The third kappa shape index (κ3) is 4.25. The van der Waals surface area contributed by atoms with Crippen molar-refractivity contribution in [2.45, 2.75) is 12.8 Å². The lowest BCUT2D eigenvalue weighted by molar-refractivity contribution is -0.116. The van der Waals surface area contributed by atoms with Crippen molar-refractivity contribution in [2.75, 3.05) is 11.1 Å². The van der Waals surface area contributed by atoms with Gasteiger partial charge in [0.2, 0.25) is 5.91 Å². The number of carbonyl (C=O) groups is 1. The van der Waals surface area contributed by atoms with Gasteiger partial charge in [-0.05, 0) is 58.2 Å². The van der Waals surface area contributed by atoms with Crippen molar-refractivity contribution >= 4 is 44.8 Å². The van der Waals surface area contributed by atoms with Crippen LogP contribution in [0.25, 0.3) is 0 Å². The van der Waals surface area contributed by atoms with Crippen LogP contribution in [0.2, 0.25) is 5.02 Å². The Kier molecular flexibility index (Phi) is 5.04. The van der Waals surface area contributed by atoms with Gasteiger partial charge in [-0.15, -0.1) is 0 Å². The number of nitrogens with one attached hydrogen (secondary N) is 1. The molecule has 0 spiro atoms. The van der Waals surface area contributed by atoms with Crippen LogP contribution in [0.4, 0.5) is 11.4 Å². The molecule has 0 saturated carbocycles. The second-order valence-corrected chi connectivity index (χ2v) is 5.71. The summed E-state index contributed by atoms with van der Waals surface area (Å²) in [6, 6.07) is 12.8. The van der Waals surface area contributed by atoms with E-state index < -0.39 is 0 Å². The van der Waals surface area contributed by atoms with Crippen molar-refractivity contribution < 1.29 is 4.79 Å². The number of anilines is 2. The molecule has 2 aromatic carbocycles. The van der Waals surface area contributed by atoms with Gasteiger partial charge in [0, 0.05) is 21.6 Å². The highest BCUT2D eigenvalue weighted by Gasteiger charge is 2.07. The minimum Gasteiger partial charge on any atom is -0.399 e. The summed E-state index contributed by atoms with van der Waals surface area (Å²) in [6.07, 6.45) is 1.04. The number of carbonyl (C=O) groups excluding carboxylic acids is 1. The fraction of sp³-hybridized carbons (Fsp3) is 0.133. The Morgan fingerprint density at radius 3 is 2.80 bits per heavy atom. The number of hydrogen-bond acceptors (Lipinski definition) is 2. The van der Waals surface area contributed by atoms with Crippen LogP contribution in [-0.4, -0.2) is 5.91 Å². The van der Waals surface area contributed by atoms with E-state index in [1.54, 1.807) is 18.2 Å². The second-order valence-electron chi connectivity index (χ2n) is 4.42. The summed E-state index contributed by atoms with van der Waals surface area (Å²) in [7, 11) is 0. The first-order chi connectivity index (χ1) is 9.54. The quantitative estimate of drug-likeness (QED) is 0.807. The van der Waals surface area contributed by atoms with Crippen LogP contribution >= 0.6 is 27.5 Å². The SMILES string of the molecule is Nc1cccc(CCC(=O)Nc2cc(Cl)ccc2Br)c1. The van der Waals surface area contributed by atoms with Crippen molar-refractivity contribution in [2.24, 2.45) is 0 Å². The summed E-state index contributed by atoms with van der Waals surface area (Å²) in [5.41, 5.74) is 8.14. The van der Waals surface area contributed by atoms with E-state index in [9.17, 15) is 4.79 Å². The molecule has 0 radical (unpaired) electrons. The van der Waals surface area contributed by atoms with Crippen LogP contribution < -0.4 is 11.1 Å². The molecule has 0 aliphatic heterocycles. The average molecular weight is 354 g/mol. The van der Waals surface area contributed by atoms with E-state index in [1.165, 1.54) is 0 Å². The molecule has 0 unspecified atom stereocenters. The fourth-order valence-electron chi connectivity index (χ4n) is 1.81. The molecule has 0 bridgehead atoms. The molecule has 1 amide bonds. The minimum atomic E-state index is -0.0598. The highest BCUT2D eigenvalue weighted by atomic mass is 79.9. The number of halogens is 2. The van der Waals surface area contributed by atoms with Gasteiger partial charge in [-0.1, -0.05) is 23.7 Å². The highest BCUT2D eigenvalue weighted by Crippen LogP contribution is 2.26. The first-order valence-corrected chi connectivity index (χ1v) is 7.31. The van der Waals surface area contributed by atoms with Crippen molar-refractivity contribution in [3.8, 4) is 0 Å². The van der Waals surface area contributed by atoms with Gasteiger partial charge in [-0.25, -0.2) is 0 Å². The van der Waals surface area contributed by atoms with Gasteiger partial charge in [0.05, 0.1) is 5.69 Å². The first kappa shape index (κ1) is 14.9.